The summed E-state index contributed by atoms with van der Waals surface area (Å²) < 4.78 is 4.95. The molecule has 3 nitrogen and oxygen atoms in total. The molecule has 0 unspecified atom stereocenters. The van der Waals surface area contributed by atoms with Gasteiger partial charge >= 0.3 is 0 Å². The summed E-state index contributed by atoms with van der Waals surface area (Å²) in [6, 6.07) is 0. The Balaban J connectivity index is 2.12. The van der Waals surface area contributed by atoms with E-state index in [4.69, 9.17) is 4.74 Å². The fourth-order valence-electron chi connectivity index (χ4n) is 2.89. The number of alkyl halides is 1. The minimum Gasteiger partial charge on any atom is -0.372 e. The van der Waals surface area contributed by atoms with Crippen LogP contribution in [0.1, 0.15) is 19.3 Å². The number of carbonyl (C=O) groups excluding carboxylic acids is 2. The second-order valence-electron chi connectivity index (χ2n) is 4.05. The second kappa shape index (κ2) is 2.23. The van der Waals surface area contributed by atoms with Gasteiger partial charge in [0.05, 0.1) is 24.5 Å². The first-order valence-electron chi connectivity index (χ1n) is 4.54. The maximum atomic E-state index is 11.6. The second-order valence-corrected chi connectivity index (χ2v) is 5.36. The first-order chi connectivity index (χ1) is 6.14. The van der Waals surface area contributed by atoms with Crippen molar-refractivity contribution in [3.63, 3.8) is 0 Å². The van der Waals surface area contributed by atoms with Crippen LogP contribution in [0.25, 0.3) is 0 Å². The average Bonchev–Trinajstić information content (AvgIpc) is 2.66. The van der Waals surface area contributed by atoms with E-state index in [0.717, 1.165) is 12.8 Å². The molecular formula is C9H9BrO3. The fraction of sp³-hybridized carbons (Fsp3) is 0.778. The van der Waals surface area contributed by atoms with Gasteiger partial charge in [-0.15, -0.1) is 0 Å². The lowest BCUT2D eigenvalue weighted by Gasteiger charge is -2.27. The molecule has 2 bridgehead atoms. The maximum Gasteiger partial charge on any atom is 0.160 e. The molecule has 13 heavy (non-hydrogen) atoms. The number of halogens is 1. The van der Waals surface area contributed by atoms with Crippen molar-refractivity contribution in [3.8, 4) is 0 Å². The summed E-state index contributed by atoms with van der Waals surface area (Å²) in [4.78, 5) is 23.2. The molecule has 2 heterocycles. The summed E-state index contributed by atoms with van der Waals surface area (Å²) in [7, 11) is 0. The Morgan fingerprint density at radius 2 is 2.15 bits per heavy atom. The highest BCUT2D eigenvalue weighted by Gasteiger charge is 2.68. The SMILES string of the molecule is O=C1CC(=O)[C@]2(Br)[C@H]3CC[C@H](O3)[C@H]12. The molecule has 1 aliphatic carbocycles. The maximum absolute atomic E-state index is 11.6. The Hall–Kier alpha value is -0.220. The van der Waals surface area contributed by atoms with E-state index >= 15 is 0 Å². The van der Waals surface area contributed by atoms with Crippen LogP contribution in [0.2, 0.25) is 0 Å². The van der Waals surface area contributed by atoms with Crippen LogP contribution in [0.4, 0.5) is 0 Å². The van der Waals surface area contributed by atoms with Crippen molar-refractivity contribution in [1.82, 2.24) is 0 Å². The third kappa shape index (κ3) is 0.749. The molecule has 0 aromatic rings. The standard InChI is InChI=1S/C9H9BrO3/c10-9-6(12)3-4(11)8(9)5-1-2-7(9)13-5/h5,7-8H,1-3H2/t5-,7+,8-,9-/m0/s1. The zero-order chi connectivity index (χ0) is 9.22. The van der Waals surface area contributed by atoms with E-state index in [0.29, 0.717) is 0 Å². The molecular weight excluding hydrogens is 236 g/mol. The van der Waals surface area contributed by atoms with Crippen molar-refractivity contribution in [2.75, 3.05) is 0 Å². The highest BCUT2D eigenvalue weighted by Crippen LogP contribution is 2.55. The van der Waals surface area contributed by atoms with E-state index in [1.807, 2.05) is 0 Å². The van der Waals surface area contributed by atoms with Crippen LogP contribution in [0.5, 0.6) is 0 Å². The molecule has 70 valence electrons. The lowest BCUT2D eigenvalue weighted by Crippen LogP contribution is -2.44. The van der Waals surface area contributed by atoms with Crippen LogP contribution in [-0.2, 0) is 14.3 Å². The third-order valence-corrected chi connectivity index (χ3v) is 4.90. The van der Waals surface area contributed by atoms with E-state index in [2.05, 4.69) is 15.9 Å². The number of Topliss-reactive ketones (excluding diaryl/α,β-unsaturated/α-hetero) is 2. The van der Waals surface area contributed by atoms with Crippen molar-refractivity contribution in [3.05, 3.63) is 0 Å². The van der Waals surface area contributed by atoms with Gasteiger partial charge in [-0.25, -0.2) is 0 Å². The molecule has 0 amide bonds. The Morgan fingerprint density at radius 1 is 1.38 bits per heavy atom. The van der Waals surface area contributed by atoms with Gasteiger partial charge in [-0.2, -0.15) is 0 Å². The Morgan fingerprint density at radius 3 is 2.85 bits per heavy atom. The lowest BCUT2D eigenvalue weighted by molar-refractivity contribution is -0.124. The van der Waals surface area contributed by atoms with E-state index in [1.54, 1.807) is 0 Å². The summed E-state index contributed by atoms with van der Waals surface area (Å²) in [5.74, 6) is -0.109. The van der Waals surface area contributed by atoms with Gasteiger partial charge in [0.2, 0.25) is 0 Å². The highest BCUT2D eigenvalue weighted by molar-refractivity contribution is 9.10. The van der Waals surface area contributed by atoms with Crippen LogP contribution in [-0.4, -0.2) is 28.1 Å². The predicted molar refractivity (Wildman–Crippen MR) is 47.7 cm³/mol. The van der Waals surface area contributed by atoms with Crippen molar-refractivity contribution in [2.45, 2.75) is 35.8 Å². The summed E-state index contributed by atoms with van der Waals surface area (Å²) in [6.07, 6.45) is 1.89. The Labute approximate surface area is 83.9 Å². The topological polar surface area (TPSA) is 43.4 Å². The minimum atomic E-state index is -0.646. The molecule has 4 heteroatoms. The molecule has 3 aliphatic rings. The molecule has 0 aromatic carbocycles. The first-order valence-corrected chi connectivity index (χ1v) is 5.33. The zero-order valence-corrected chi connectivity index (χ0v) is 8.54. The van der Waals surface area contributed by atoms with E-state index < -0.39 is 4.32 Å². The van der Waals surface area contributed by atoms with Crippen molar-refractivity contribution in [1.29, 1.82) is 0 Å². The van der Waals surface area contributed by atoms with Crippen LogP contribution >= 0.6 is 15.9 Å². The van der Waals surface area contributed by atoms with E-state index in [9.17, 15) is 9.59 Å². The molecule has 4 atom stereocenters. The van der Waals surface area contributed by atoms with Crippen LogP contribution < -0.4 is 0 Å². The van der Waals surface area contributed by atoms with E-state index in [-0.39, 0.29) is 36.1 Å². The highest BCUT2D eigenvalue weighted by atomic mass is 79.9. The number of carbonyl (C=O) groups is 2. The fourth-order valence-corrected chi connectivity index (χ4v) is 3.91. The number of hydrogen-bond donors (Lipinski definition) is 0. The molecule has 3 rings (SSSR count). The van der Waals surface area contributed by atoms with Crippen molar-refractivity contribution < 1.29 is 14.3 Å². The number of fused-ring (bicyclic) bond motifs is 5. The predicted octanol–water partition coefficient (Wildman–Crippen LogP) is 0.839. The van der Waals surface area contributed by atoms with Crippen LogP contribution in [0.15, 0.2) is 0 Å². The molecule has 2 saturated heterocycles. The Kier molecular flexibility index (Phi) is 1.39. The van der Waals surface area contributed by atoms with Gasteiger partial charge in [0.25, 0.3) is 0 Å². The summed E-state index contributed by atoms with van der Waals surface area (Å²) >= 11 is 3.44. The smallest absolute Gasteiger partial charge is 0.160 e. The summed E-state index contributed by atoms with van der Waals surface area (Å²) in [5, 5.41) is 0. The minimum absolute atomic E-state index is 0.00308. The number of ketones is 2. The average molecular weight is 245 g/mol. The van der Waals surface area contributed by atoms with Crippen LogP contribution in [0, 0.1) is 5.92 Å². The number of ether oxygens (including phenoxy) is 1. The third-order valence-electron chi connectivity index (χ3n) is 3.45. The molecule has 2 aliphatic heterocycles. The first kappa shape index (κ1) is 8.12. The van der Waals surface area contributed by atoms with Gasteiger partial charge in [0.1, 0.15) is 10.1 Å². The van der Waals surface area contributed by atoms with Gasteiger partial charge in [-0.05, 0) is 12.8 Å². The Bertz CT molecular complexity index is 314. The van der Waals surface area contributed by atoms with Gasteiger partial charge in [-0.3, -0.25) is 9.59 Å². The molecule has 0 N–H and O–H groups in total. The summed E-state index contributed by atoms with van der Waals surface area (Å²) in [6.45, 7) is 0. The zero-order valence-electron chi connectivity index (χ0n) is 6.96. The van der Waals surface area contributed by atoms with Gasteiger partial charge in [0.15, 0.2) is 5.78 Å². The normalized spacial score (nSPS) is 53.2. The number of hydrogen-bond acceptors (Lipinski definition) is 3. The lowest BCUT2D eigenvalue weighted by atomic mass is 9.81. The largest absolute Gasteiger partial charge is 0.372 e. The van der Waals surface area contributed by atoms with Gasteiger partial charge in [-0.1, -0.05) is 15.9 Å². The molecule has 0 radical (unpaired) electrons. The molecule has 0 aromatic heterocycles. The quantitative estimate of drug-likeness (QED) is 0.469. The summed E-state index contributed by atoms with van der Waals surface area (Å²) in [5.41, 5.74) is 0. The van der Waals surface area contributed by atoms with Gasteiger partial charge < -0.3 is 4.74 Å². The van der Waals surface area contributed by atoms with Crippen LogP contribution in [0.3, 0.4) is 0 Å². The molecule has 1 saturated carbocycles. The van der Waals surface area contributed by atoms with Crippen molar-refractivity contribution in [2.24, 2.45) is 5.92 Å². The van der Waals surface area contributed by atoms with Crippen molar-refractivity contribution >= 4 is 27.5 Å². The molecule has 3 fully saturated rings. The monoisotopic (exact) mass is 244 g/mol. The molecule has 0 spiro atoms. The number of rotatable bonds is 0. The van der Waals surface area contributed by atoms with E-state index in [1.165, 1.54) is 0 Å². The van der Waals surface area contributed by atoms with Gasteiger partial charge in [0, 0.05) is 0 Å².